The molecular formula is C9H5F3O2. The predicted molar refractivity (Wildman–Crippen MR) is 43.0 cm³/mol. The third-order valence-electron chi connectivity index (χ3n) is 1.45. The monoisotopic (exact) mass is 202 g/mol. The fraction of sp³-hybridized carbons (Fsp3) is 0. The zero-order valence-corrected chi connectivity index (χ0v) is 6.80. The van der Waals surface area contributed by atoms with E-state index in [1.807, 2.05) is 0 Å². The number of carboxylic acids is 1. The molecule has 0 fully saturated rings. The lowest BCUT2D eigenvalue weighted by Gasteiger charge is -1.97. The maximum atomic E-state index is 12.8. The zero-order chi connectivity index (χ0) is 10.7. The fourth-order valence-corrected chi connectivity index (χ4v) is 0.827. The van der Waals surface area contributed by atoms with Crippen LogP contribution in [0.25, 0.3) is 6.08 Å². The van der Waals surface area contributed by atoms with E-state index < -0.39 is 23.4 Å². The van der Waals surface area contributed by atoms with Crippen LogP contribution in [0.15, 0.2) is 18.2 Å². The Labute approximate surface area is 77.3 Å². The first-order valence-corrected chi connectivity index (χ1v) is 3.56. The van der Waals surface area contributed by atoms with E-state index in [1.54, 1.807) is 0 Å². The second-order valence-corrected chi connectivity index (χ2v) is 2.46. The molecule has 0 saturated carbocycles. The van der Waals surface area contributed by atoms with Gasteiger partial charge in [0.25, 0.3) is 0 Å². The van der Waals surface area contributed by atoms with E-state index in [0.717, 1.165) is 6.08 Å². The number of hydrogen-bond acceptors (Lipinski definition) is 1. The SMILES string of the molecule is O=C(O)C=Cc1cc(F)c(F)cc1F. The van der Waals surface area contributed by atoms with Gasteiger partial charge in [0, 0.05) is 17.7 Å². The highest BCUT2D eigenvalue weighted by Gasteiger charge is 2.07. The Morgan fingerprint density at radius 1 is 1.14 bits per heavy atom. The standard InChI is InChI=1S/C9H5F3O2/c10-6-4-8(12)7(11)3-5(6)1-2-9(13)14/h1-4H,(H,13,14). The van der Waals surface area contributed by atoms with Gasteiger partial charge in [0.1, 0.15) is 5.82 Å². The van der Waals surface area contributed by atoms with E-state index in [0.29, 0.717) is 18.2 Å². The van der Waals surface area contributed by atoms with Gasteiger partial charge in [0.15, 0.2) is 11.6 Å². The van der Waals surface area contributed by atoms with Crippen molar-refractivity contribution in [1.29, 1.82) is 0 Å². The van der Waals surface area contributed by atoms with Gasteiger partial charge in [-0.2, -0.15) is 0 Å². The van der Waals surface area contributed by atoms with Gasteiger partial charge in [-0.1, -0.05) is 0 Å². The summed E-state index contributed by atoms with van der Waals surface area (Å²) in [4.78, 5) is 10.1. The number of hydrogen-bond donors (Lipinski definition) is 1. The molecule has 0 aliphatic rings. The summed E-state index contributed by atoms with van der Waals surface area (Å²) < 4.78 is 37.8. The Kier molecular flexibility index (Phi) is 2.91. The Bertz CT molecular complexity index is 399. The van der Waals surface area contributed by atoms with Crippen molar-refractivity contribution < 1.29 is 23.1 Å². The molecule has 0 aliphatic carbocycles. The summed E-state index contributed by atoms with van der Waals surface area (Å²) in [5.74, 6) is -4.85. The van der Waals surface area contributed by atoms with Crippen LogP contribution in [-0.2, 0) is 4.79 Å². The number of benzene rings is 1. The van der Waals surface area contributed by atoms with Crippen molar-refractivity contribution in [2.24, 2.45) is 0 Å². The smallest absolute Gasteiger partial charge is 0.328 e. The second-order valence-electron chi connectivity index (χ2n) is 2.46. The van der Waals surface area contributed by atoms with Gasteiger partial charge < -0.3 is 5.11 Å². The van der Waals surface area contributed by atoms with Crippen molar-refractivity contribution in [3.05, 3.63) is 41.2 Å². The van der Waals surface area contributed by atoms with Crippen LogP contribution in [0.2, 0.25) is 0 Å². The maximum Gasteiger partial charge on any atom is 0.328 e. The van der Waals surface area contributed by atoms with Crippen molar-refractivity contribution in [3.63, 3.8) is 0 Å². The van der Waals surface area contributed by atoms with Crippen LogP contribution in [-0.4, -0.2) is 11.1 Å². The van der Waals surface area contributed by atoms with Gasteiger partial charge in [-0.05, 0) is 12.1 Å². The largest absolute Gasteiger partial charge is 0.478 e. The van der Waals surface area contributed by atoms with Gasteiger partial charge >= 0.3 is 5.97 Å². The molecule has 0 aromatic heterocycles. The third-order valence-corrected chi connectivity index (χ3v) is 1.45. The van der Waals surface area contributed by atoms with Crippen LogP contribution in [0.5, 0.6) is 0 Å². The first-order chi connectivity index (χ1) is 6.50. The molecule has 14 heavy (non-hydrogen) atoms. The van der Waals surface area contributed by atoms with Crippen molar-refractivity contribution in [2.75, 3.05) is 0 Å². The molecule has 0 aliphatic heterocycles. The quantitative estimate of drug-likeness (QED) is 0.589. The highest BCUT2D eigenvalue weighted by atomic mass is 19.2. The molecule has 5 heteroatoms. The lowest BCUT2D eigenvalue weighted by Crippen LogP contribution is -1.92. The van der Waals surface area contributed by atoms with E-state index in [2.05, 4.69) is 0 Å². The molecule has 0 bridgehead atoms. The summed E-state index contributed by atoms with van der Waals surface area (Å²) in [6.07, 6.45) is 1.48. The third kappa shape index (κ3) is 2.35. The molecule has 74 valence electrons. The van der Waals surface area contributed by atoms with Gasteiger partial charge in [0.2, 0.25) is 0 Å². The molecule has 0 spiro atoms. The summed E-state index contributed by atoms with van der Waals surface area (Å²) in [6.45, 7) is 0. The Hall–Kier alpha value is -1.78. The van der Waals surface area contributed by atoms with Gasteiger partial charge in [-0.15, -0.1) is 0 Å². The summed E-state index contributed by atoms with van der Waals surface area (Å²) in [5, 5.41) is 8.21. The van der Waals surface area contributed by atoms with Crippen molar-refractivity contribution in [2.45, 2.75) is 0 Å². The molecule has 0 saturated heterocycles. The normalized spacial score (nSPS) is 10.8. The number of carbonyl (C=O) groups is 1. The average Bonchev–Trinajstić information content (AvgIpc) is 2.09. The number of rotatable bonds is 2. The minimum Gasteiger partial charge on any atom is -0.478 e. The fourth-order valence-electron chi connectivity index (χ4n) is 0.827. The number of halogens is 3. The van der Waals surface area contributed by atoms with Crippen LogP contribution in [0.4, 0.5) is 13.2 Å². The minimum atomic E-state index is -1.31. The molecule has 0 heterocycles. The first-order valence-electron chi connectivity index (χ1n) is 3.56. The second kappa shape index (κ2) is 3.95. The van der Waals surface area contributed by atoms with Gasteiger partial charge in [0.05, 0.1) is 0 Å². The molecule has 0 radical (unpaired) electrons. The lowest BCUT2D eigenvalue weighted by molar-refractivity contribution is -0.131. The van der Waals surface area contributed by atoms with Crippen molar-refractivity contribution >= 4 is 12.0 Å². The highest BCUT2D eigenvalue weighted by Crippen LogP contribution is 2.14. The van der Waals surface area contributed by atoms with Crippen LogP contribution < -0.4 is 0 Å². The molecule has 1 rings (SSSR count). The van der Waals surface area contributed by atoms with Gasteiger partial charge in [-0.25, -0.2) is 18.0 Å². The maximum absolute atomic E-state index is 12.8. The molecule has 0 amide bonds. The zero-order valence-electron chi connectivity index (χ0n) is 6.80. The van der Waals surface area contributed by atoms with E-state index in [-0.39, 0.29) is 5.56 Å². The number of aliphatic carboxylic acids is 1. The van der Waals surface area contributed by atoms with E-state index in [1.165, 1.54) is 0 Å². The van der Waals surface area contributed by atoms with E-state index >= 15 is 0 Å². The highest BCUT2D eigenvalue weighted by molar-refractivity contribution is 5.85. The van der Waals surface area contributed by atoms with Crippen LogP contribution in [0.3, 0.4) is 0 Å². The van der Waals surface area contributed by atoms with Crippen LogP contribution >= 0.6 is 0 Å². The number of carboxylic acid groups (broad SMARTS) is 1. The molecule has 1 N–H and O–H groups in total. The molecule has 0 atom stereocenters. The summed E-state index contributed by atoms with van der Waals surface area (Å²) in [6, 6.07) is 0.945. The lowest BCUT2D eigenvalue weighted by atomic mass is 10.2. The summed E-state index contributed by atoms with van der Waals surface area (Å²) >= 11 is 0. The van der Waals surface area contributed by atoms with Crippen molar-refractivity contribution in [1.82, 2.24) is 0 Å². The predicted octanol–water partition coefficient (Wildman–Crippen LogP) is 2.20. The molecule has 1 aromatic rings. The Morgan fingerprint density at radius 3 is 2.29 bits per heavy atom. The Balaban J connectivity index is 3.10. The molecule has 2 nitrogen and oxygen atoms in total. The topological polar surface area (TPSA) is 37.3 Å². The summed E-state index contributed by atoms with van der Waals surface area (Å²) in [7, 11) is 0. The van der Waals surface area contributed by atoms with Gasteiger partial charge in [-0.3, -0.25) is 0 Å². The average molecular weight is 202 g/mol. The minimum absolute atomic E-state index is 0.314. The molecule has 0 unspecified atom stereocenters. The summed E-state index contributed by atoms with van der Waals surface area (Å²) in [5.41, 5.74) is -0.314. The first kappa shape index (κ1) is 10.3. The van der Waals surface area contributed by atoms with Crippen molar-refractivity contribution in [3.8, 4) is 0 Å². The van der Waals surface area contributed by atoms with Crippen LogP contribution in [0.1, 0.15) is 5.56 Å². The Morgan fingerprint density at radius 2 is 1.71 bits per heavy atom. The van der Waals surface area contributed by atoms with Crippen LogP contribution in [0, 0.1) is 17.5 Å². The molecular weight excluding hydrogens is 197 g/mol. The van der Waals surface area contributed by atoms with E-state index in [9.17, 15) is 18.0 Å². The molecule has 1 aromatic carbocycles. The van der Waals surface area contributed by atoms with E-state index in [4.69, 9.17) is 5.11 Å².